The van der Waals surface area contributed by atoms with Crippen LogP contribution in [0.4, 0.5) is 11.5 Å². The second-order valence-electron chi connectivity index (χ2n) is 7.35. The molecule has 0 bridgehead atoms. The normalized spacial score (nSPS) is 15.6. The van der Waals surface area contributed by atoms with E-state index in [0.29, 0.717) is 23.6 Å². The van der Waals surface area contributed by atoms with Crippen molar-refractivity contribution in [3.05, 3.63) is 66.2 Å². The number of rotatable bonds is 4. The highest BCUT2D eigenvalue weighted by atomic mass is 35.5. The Morgan fingerprint density at radius 1 is 0.966 bits per heavy atom. The number of hydrogen-bond donors (Lipinski definition) is 3. The van der Waals surface area contributed by atoms with Gasteiger partial charge < -0.3 is 21.5 Å². The van der Waals surface area contributed by atoms with Gasteiger partial charge in [0.05, 0.1) is 11.4 Å². The Labute approximate surface area is 177 Å². The Morgan fingerprint density at radius 2 is 1.62 bits per heavy atom. The lowest BCUT2D eigenvalue weighted by atomic mass is 9.73. The Morgan fingerprint density at radius 3 is 2.28 bits per heavy atom. The van der Waals surface area contributed by atoms with Gasteiger partial charge in [-0.15, -0.1) is 22.6 Å². The van der Waals surface area contributed by atoms with Gasteiger partial charge in [-0.1, -0.05) is 42.5 Å². The Kier molecular flexibility index (Phi) is 6.25. The zero-order valence-electron chi connectivity index (χ0n) is 16.2. The summed E-state index contributed by atoms with van der Waals surface area (Å²) >= 11 is 0. The predicted octanol–water partition coefficient (Wildman–Crippen LogP) is 3.35. The predicted molar refractivity (Wildman–Crippen MR) is 119 cm³/mol. The van der Waals surface area contributed by atoms with Crippen molar-refractivity contribution in [1.82, 2.24) is 10.2 Å². The maximum atomic E-state index is 10.1. The van der Waals surface area contributed by atoms with E-state index in [0.717, 1.165) is 31.6 Å². The molecule has 1 aliphatic heterocycles. The summed E-state index contributed by atoms with van der Waals surface area (Å²) in [6.45, 7) is 2.29. The average molecular weight is 412 g/mol. The molecule has 2 aromatic carbocycles. The van der Waals surface area contributed by atoms with Crippen LogP contribution in [-0.4, -0.2) is 34.9 Å². The molecule has 0 atom stereocenters. The molecule has 29 heavy (non-hydrogen) atoms. The van der Waals surface area contributed by atoms with E-state index in [1.54, 1.807) is 12.1 Å². The molecule has 2 heterocycles. The van der Waals surface area contributed by atoms with Gasteiger partial charge in [-0.3, -0.25) is 0 Å². The molecule has 7 heteroatoms. The van der Waals surface area contributed by atoms with Gasteiger partial charge in [0.2, 0.25) is 0 Å². The van der Waals surface area contributed by atoms with Crippen LogP contribution in [0.1, 0.15) is 18.4 Å². The molecule has 6 nitrogen and oxygen atoms in total. The van der Waals surface area contributed by atoms with Gasteiger partial charge in [0.1, 0.15) is 5.75 Å². The van der Waals surface area contributed by atoms with E-state index in [1.807, 2.05) is 24.3 Å². The summed E-state index contributed by atoms with van der Waals surface area (Å²) < 4.78 is 0. The van der Waals surface area contributed by atoms with Crippen LogP contribution in [0.3, 0.4) is 0 Å². The zero-order chi connectivity index (χ0) is 19.6. The van der Waals surface area contributed by atoms with Crippen LogP contribution in [0.5, 0.6) is 5.75 Å². The Balaban J connectivity index is 0.00000240. The first-order valence-corrected chi connectivity index (χ1v) is 9.55. The van der Waals surface area contributed by atoms with Gasteiger partial charge in [-0.25, -0.2) is 0 Å². The fourth-order valence-corrected chi connectivity index (χ4v) is 4.04. The van der Waals surface area contributed by atoms with Crippen molar-refractivity contribution in [2.45, 2.75) is 18.3 Å². The molecule has 1 saturated heterocycles. The monoisotopic (exact) mass is 411 g/mol. The van der Waals surface area contributed by atoms with Crippen molar-refractivity contribution in [3.8, 4) is 17.0 Å². The highest BCUT2D eigenvalue weighted by molar-refractivity contribution is 5.85. The number of aromatic hydroxyl groups is 1. The molecule has 0 unspecified atom stereocenters. The third-order valence-electron chi connectivity index (χ3n) is 5.82. The number of nitrogens with zero attached hydrogens (tertiary/aromatic N) is 3. The van der Waals surface area contributed by atoms with Crippen molar-refractivity contribution >= 4 is 23.9 Å². The number of phenolic OH excluding ortho intramolecular Hbond substituents is 1. The van der Waals surface area contributed by atoms with Crippen LogP contribution in [0.25, 0.3) is 11.3 Å². The number of hydrogen-bond acceptors (Lipinski definition) is 6. The van der Waals surface area contributed by atoms with Crippen LogP contribution >= 0.6 is 12.4 Å². The molecule has 1 aliphatic rings. The summed E-state index contributed by atoms with van der Waals surface area (Å²) in [6, 6.07) is 19.5. The van der Waals surface area contributed by atoms with Crippen LogP contribution in [0.2, 0.25) is 0 Å². The Bertz CT molecular complexity index is 958. The van der Waals surface area contributed by atoms with E-state index in [4.69, 9.17) is 11.5 Å². The quantitative estimate of drug-likeness (QED) is 0.608. The second-order valence-corrected chi connectivity index (χ2v) is 7.35. The van der Waals surface area contributed by atoms with Crippen molar-refractivity contribution in [2.75, 3.05) is 30.3 Å². The molecular weight excluding hydrogens is 386 g/mol. The number of nitrogen functional groups attached to an aromatic ring is 1. The molecule has 1 fully saturated rings. The first-order chi connectivity index (χ1) is 13.6. The molecule has 0 aliphatic carbocycles. The maximum Gasteiger partial charge on any atom is 0.169 e. The average Bonchev–Trinajstić information content (AvgIpc) is 2.75. The van der Waals surface area contributed by atoms with Crippen LogP contribution in [0, 0.1) is 0 Å². The molecule has 152 valence electrons. The molecule has 3 aromatic rings. The summed E-state index contributed by atoms with van der Waals surface area (Å²) in [5.41, 5.74) is 15.8. The number of benzene rings is 2. The fourth-order valence-electron chi connectivity index (χ4n) is 4.04. The third-order valence-corrected chi connectivity index (χ3v) is 5.82. The molecule has 1 aromatic heterocycles. The SMILES string of the molecule is Cl.NCC1(c2ccccc2)CCN(c2cc(-c3ccccc3O)nnc2N)CC1. The van der Waals surface area contributed by atoms with Gasteiger partial charge in [0.15, 0.2) is 5.82 Å². The smallest absolute Gasteiger partial charge is 0.169 e. The fraction of sp³-hybridized carbons (Fsp3) is 0.273. The Hall–Kier alpha value is -2.83. The van der Waals surface area contributed by atoms with Crippen LogP contribution in [-0.2, 0) is 5.41 Å². The lowest BCUT2D eigenvalue weighted by Gasteiger charge is -2.42. The van der Waals surface area contributed by atoms with Gasteiger partial charge in [0.25, 0.3) is 0 Å². The van der Waals surface area contributed by atoms with E-state index >= 15 is 0 Å². The summed E-state index contributed by atoms with van der Waals surface area (Å²) in [7, 11) is 0. The molecule has 5 N–H and O–H groups in total. The summed E-state index contributed by atoms with van der Waals surface area (Å²) in [6.07, 6.45) is 1.89. The number of anilines is 2. The van der Waals surface area contributed by atoms with E-state index in [2.05, 4.69) is 39.4 Å². The maximum absolute atomic E-state index is 10.1. The molecule has 0 radical (unpaired) electrons. The van der Waals surface area contributed by atoms with Gasteiger partial charge in [-0.05, 0) is 36.6 Å². The standard InChI is InChI=1S/C22H25N5O.ClH/c23-15-22(16-6-2-1-3-7-16)10-12-27(13-11-22)19-14-18(25-26-21(19)24)17-8-4-5-9-20(17)28;/h1-9,14,28H,10-13,15,23H2,(H2,24,26);1H. The summed E-state index contributed by atoms with van der Waals surface area (Å²) in [5, 5.41) is 18.4. The van der Waals surface area contributed by atoms with Crippen molar-refractivity contribution in [2.24, 2.45) is 5.73 Å². The third kappa shape index (κ3) is 3.99. The minimum Gasteiger partial charge on any atom is -0.507 e. The minimum atomic E-state index is -0.00644. The number of phenols is 1. The molecule has 4 rings (SSSR count). The largest absolute Gasteiger partial charge is 0.507 e. The molecule has 0 amide bonds. The number of piperidine rings is 1. The van der Waals surface area contributed by atoms with E-state index < -0.39 is 0 Å². The first-order valence-electron chi connectivity index (χ1n) is 9.55. The van der Waals surface area contributed by atoms with Crippen molar-refractivity contribution in [1.29, 1.82) is 0 Å². The van der Waals surface area contributed by atoms with E-state index in [-0.39, 0.29) is 23.6 Å². The lowest BCUT2D eigenvalue weighted by molar-refractivity contribution is 0.340. The first kappa shape index (κ1) is 20.9. The summed E-state index contributed by atoms with van der Waals surface area (Å²) in [4.78, 5) is 2.24. The summed E-state index contributed by atoms with van der Waals surface area (Å²) in [5.74, 6) is 0.580. The number of para-hydroxylation sites is 1. The van der Waals surface area contributed by atoms with Crippen LogP contribution < -0.4 is 16.4 Å². The zero-order valence-corrected chi connectivity index (χ0v) is 17.0. The molecule has 0 spiro atoms. The number of halogens is 1. The van der Waals surface area contributed by atoms with E-state index in [9.17, 15) is 5.11 Å². The van der Waals surface area contributed by atoms with Gasteiger partial charge in [-0.2, -0.15) is 0 Å². The second kappa shape index (κ2) is 8.68. The van der Waals surface area contributed by atoms with Crippen LogP contribution in [0.15, 0.2) is 60.7 Å². The number of nitrogens with two attached hydrogens (primary N) is 2. The highest BCUT2D eigenvalue weighted by Gasteiger charge is 2.35. The molecular formula is C22H26ClN5O. The lowest BCUT2D eigenvalue weighted by Crippen LogP contribution is -2.47. The highest BCUT2D eigenvalue weighted by Crippen LogP contribution is 2.38. The number of aromatic nitrogens is 2. The van der Waals surface area contributed by atoms with Crippen molar-refractivity contribution < 1.29 is 5.11 Å². The minimum absolute atomic E-state index is 0. The van der Waals surface area contributed by atoms with Crippen molar-refractivity contribution in [3.63, 3.8) is 0 Å². The molecule has 0 saturated carbocycles. The van der Waals surface area contributed by atoms with Gasteiger partial charge in [0, 0.05) is 30.6 Å². The topological polar surface area (TPSA) is 101 Å². The van der Waals surface area contributed by atoms with E-state index in [1.165, 1.54) is 5.56 Å². The van der Waals surface area contributed by atoms with Gasteiger partial charge >= 0.3 is 0 Å².